The van der Waals surface area contributed by atoms with Crippen molar-refractivity contribution in [3.8, 4) is 0 Å². The Balaban J connectivity index is 2.25. The van der Waals surface area contributed by atoms with Gasteiger partial charge in [0.25, 0.3) is 5.91 Å². The summed E-state index contributed by atoms with van der Waals surface area (Å²) in [5.74, 6) is -1.54. The topological polar surface area (TPSA) is 66.4 Å². The SMILES string of the molecule is O=C(NC(C(=O)O)c1cccs1)c1cc(Br)ccc1Br. The zero-order valence-electron chi connectivity index (χ0n) is 9.97. The molecule has 1 aromatic carbocycles. The van der Waals surface area contributed by atoms with Crippen LogP contribution in [0.5, 0.6) is 0 Å². The standard InChI is InChI=1S/C13H9Br2NO3S/c14-7-3-4-9(15)8(6-7)12(17)16-11(13(18)19)10-2-1-5-20-10/h1-6,11H,(H,16,17)(H,18,19). The number of hydrogen-bond donors (Lipinski definition) is 2. The summed E-state index contributed by atoms with van der Waals surface area (Å²) in [6.45, 7) is 0. The third-order valence-electron chi connectivity index (χ3n) is 2.52. The minimum Gasteiger partial charge on any atom is -0.479 e. The number of rotatable bonds is 4. The number of carboxylic acids is 1. The predicted molar refractivity (Wildman–Crippen MR) is 84.0 cm³/mol. The van der Waals surface area contributed by atoms with E-state index < -0.39 is 17.9 Å². The van der Waals surface area contributed by atoms with E-state index in [9.17, 15) is 14.7 Å². The highest BCUT2D eigenvalue weighted by Gasteiger charge is 2.24. The molecule has 1 atom stereocenters. The fraction of sp³-hybridized carbons (Fsp3) is 0.0769. The Morgan fingerprint density at radius 2 is 2.00 bits per heavy atom. The molecule has 7 heteroatoms. The first-order chi connectivity index (χ1) is 9.49. The Kier molecular flexibility index (Phi) is 4.95. The Hall–Kier alpha value is -1.18. The van der Waals surface area contributed by atoms with Gasteiger partial charge < -0.3 is 10.4 Å². The molecule has 0 aliphatic heterocycles. The van der Waals surface area contributed by atoms with Gasteiger partial charge in [-0.1, -0.05) is 22.0 Å². The van der Waals surface area contributed by atoms with Gasteiger partial charge in [0.15, 0.2) is 6.04 Å². The van der Waals surface area contributed by atoms with Gasteiger partial charge in [0.1, 0.15) is 0 Å². The number of carboxylic acid groups (broad SMARTS) is 1. The molecule has 104 valence electrons. The Morgan fingerprint density at radius 1 is 1.25 bits per heavy atom. The third-order valence-corrected chi connectivity index (χ3v) is 4.65. The van der Waals surface area contributed by atoms with Gasteiger partial charge in [0.05, 0.1) is 5.56 Å². The van der Waals surface area contributed by atoms with Gasteiger partial charge in [-0.2, -0.15) is 0 Å². The minimum absolute atomic E-state index is 0.377. The summed E-state index contributed by atoms with van der Waals surface area (Å²) in [5, 5.41) is 13.5. The molecule has 0 fully saturated rings. The van der Waals surface area contributed by atoms with E-state index in [4.69, 9.17) is 0 Å². The highest BCUT2D eigenvalue weighted by Crippen LogP contribution is 2.24. The van der Waals surface area contributed by atoms with Crippen LogP contribution in [0.15, 0.2) is 44.7 Å². The highest BCUT2D eigenvalue weighted by atomic mass is 79.9. The van der Waals surface area contributed by atoms with Gasteiger partial charge in [-0.05, 0) is 45.6 Å². The summed E-state index contributed by atoms with van der Waals surface area (Å²) in [7, 11) is 0. The molecular formula is C13H9Br2NO3S. The molecule has 0 aliphatic rings. The number of benzene rings is 1. The zero-order chi connectivity index (χ0) is 14.7. The van der Waals surface area contributed by atoms with Crippen LogP contribution in [0.2, 0.25) is 0 Å². The van der Waals surface area contributed by atoms with E-state index in [1.165, 1.54) is 11.3 Å². The van der Waals surface area contributed by atoms with Crippen LogP contribution in [0.1, 0.15) is 21.3 Å². The molecule has 0 spiro atoms. The summed E-state index contributed by atoms with van der Waals surface area (Å²) in [4.78, 5) is 24.1. The fourth-order valence-electron chi connectivity index (χ4n) is 1.59. The molecule has 0 radical (unpaired) electrons. The molecular weight excluding hydrogens is 410 g/mol. The second-order valence-electron chi connectivity index (χ2n) is 3.88. The van der Waals surface area contributed by atoms with Gasteiger partial charge >= 0.3 is 5.97 Å². The lowest BCUT2D eigenvalue weighted by molar-refractivity contribution is -0.139. The number of nitrogens with one attached hydrogen (secondary N) is 1. The normalized spacial score (nSPS) is 11.9. The number of thiophene rings is 1. The molecule has 1 heterocycles. The van der Waals surface area contributed by atoms with Gasteiger partial charge in [0.2, 0.25) is 0 Å². The van der Waals surface area contributed by atoms with Crippen molar-refractivity contribution in [2.24, 2.45) is 0 Å². The van der Waals surface area contributed by atoms with E-state index in [0.717, 1.165) is 4.47 Å². The highest BCUT2D eigenvalue weighted by molar-refractivity contribution is 9.11. The number of amides is 1. The Bertz CT molecular complexity index is 643. The molecule has 1 unspecified atom stereocenters. The van der Waals surface area contributed by atoms with Crippen molar-refractivity contribution in [3.63, 3.8) is 0 Å². The van der Waals surface area contributed by atoms with Crippen LogP contribution in [0.25, 0.3) is 0 Å². The first-order valence-corrected chi connectivity index (χ1v) is 7.97. The lowest BCUT2D eigenvalue weighted by Crippen LogP contribution is -2.33. The largest absolute Gasteiger partial charge is 0.479 e. The molecule has 1 amide bonds. The maximum Gasteiger partial charge on any atom is 0.331 e. The van der Waals surface area contributed by atoms with Crippen LogP contribution in [0.3, 0.4) is 0 Å². The maximum absolute atomic E-state index is 12.2. The first-order valence-electron chi connectivity index (χ1n) is 5.51. The number of halogens is 2. The van der Waals surface area contributed by atoms with Crippen LogP contribution >= 0.6 is 43.2 Å². The monoisotopic (exact) mass is 417 g/mol. The first kappa shape index (κ1) is 15.2. The third kappa shape index (κ3) is 3.47. The molecule has 2 aromatic rings. The fourth-order valence-corrected chi connectivity index (χ4v) is 3.15. The van der Waals surface area contributed by atoms with Gasteiger partial charge in [0, 0.05) is 13.8 Å². The molecule has 0 aliphatic carbocycles. The Labute approximate surface area is 136 Å². The minimum atomic E-state index is -1.09. The maximum atomic E-state index is 12.2. The lowest BCUT2D eigenvalue weighted by atomic mass is 10.2. The van der Waals surface area contributed by atoms with Crippen molar-refractivity contribution in [2.75, 3.05) is 0 Å². The number of hydrogen-bond acceptors (Lipinski definition) is 3. The quantitative estimate of drug-likeness (QED) is 0.792. The van der Waals surface area contributed by atoms with Crippen molar-refractivity contribution < 1.29 is 14.7 Å². The summed E-state index contributed by atoms with van der Waals surface area (Å²) in [5.41, 5.74) is 0.377. The number of aliphatic carboxylic acids is 1. The zero-order valence-corrected chi connectivity index (χ0v) is 14.0. The predicted octanol–water partition coefficient (Wildman–Crippen LogP) is 3.83. The van der Waals surface area contributed by atoms with Crippen molar-refractivity contribution in [3.05, 3.63) is 55.1 Å². The van der Waals surface area contributed by atoms with Gasteiger partial charge in [-0.15, -0.1) is 11.3 Å². The molecule has 1 aromatic heterocycles. The van der Waals surface area contributed by atoms with E-state index in [-0.39, 0.29) is 0 Å². The van der Waals surface area contributed by atoms with Crippen LogP contribution in [-0.4, -0.2) is 17.0 Å². The summed E-state index contributed by atoms with van der Waals surface area (Å²) < 4.78 is 1.35. The van der Waals surface area contributed by atoms with E-state index in [1.54, 1.807) is 35.7 Å². The summed E-state index contributed by atoms with van der Waals surface area (Å²) in [6.07, 6.45) is 0. The smallest absolute Gasteiger partial charge is 0.331 e. The number of carbonyl (C=O) groups is 2. The molecule has 0 saturated heterocycles. The molecule has 2 rings (SSSR count). The molecule has 4 nitrogen and oxygen atoms in total. The van der Waals surface area contributed by atoms with Crippen LogP contribution in [0.4, 0.5) is 0 Å². The van der Waals surface area contributed by atoms with Crippen LogP contribution in [-0.2, 0) is 4.79 Å². The van der Waals surface area contributed by atoms with Crippen molar-refractivity contribution in [1.29, 1.82) is 0 Å². The van der Waals surface area contributed by atoms with E-state index >= 15 is 0 Å². The van der Waals surface area contributed by atoms with E-state index in [0.29, 0.717) is 14.9 Å². The summed E-state index contributed by atoms with van der Waals surface area (Å²) in [6, 6.07) is 7.52. The lowest BCUT2D eigenvalue weighted by Gasteiger charge is -2.14. The number of carbonyl (C=O) groups excluding carboxylic acids is 1. The summed E-state index contributed by atoms with van der Waals surface area (Å²) >= 11 is 7.85. The molecule has 0 bridgehead atoms. The van der Waals surface area contributed by atoms with Gasteiger partial charge in [-0.3, -0.25) is 4.79 Å². The second-order valence-corrected chi connectivity index (χ2v) is 6.63. The van der Waals surface area contributed by atoms with Gasteiger partial charge in [-0.25, -0.2) is 4.79 Å². The molecule has 0 saturated carbocycles. The van der Waals surface area contributed by atoms with Crippen LogP contribution < -0.4 is 5.32 Å². The van der Waals surface area contributed by atoms with Crippen molar-refractivity contribution in [1.82, 2.24) is 5.32 Å². The van der Waals surface area contributed by atoms with E-state index in [2.05, 4.69) is 37.2 Å². The van der Waals surface area contributed by atoms with E-state index in [1.807, 2.05) is 0 Å². The molecule has 20 heavy (non-hydrogen) atoms. The van der Waals surface area contributed by atoms with Crippen molar-refractivity contribution >= 4 is 55.1 Å². The van der Waals surface area contributed by atoms with Crippen molar-refractivity contribution in [2.45, 2.75) is 6.04 Å². The second kappa shape index (κ2) is 6.51. The van der Waals surface area contributed by atoms with Crippen LogP contribution in [0, 0.1) is 0 Å². The average Bonchev–Trinajstić information content (AvgIpc) is 2.91. The average molecular weight is 419 g/mol. The Morgan fingerprint density at radius 3 is 2.60 bits per heavy atom. The molecule has 2 N–H and O–H groups in total.